The second-order valence-corrected chi connectivity index (χ2v) is 9.27. The molecule has 5 heteroatoms. The summed E-state index contributed by atoms with van der Waals surface area (Å²) in [4.78, 5) is 2.11. The van der Waals surface area contributed by atoms with Crippen LogP contribution >= 0.6 is 11.8 Å². The van der Waals surface area contributed by atoms with Gasteiger partial charge >= 0.3 is 0 Å². The Morgan fingerprint density at radius 1 is 0.815 bits per heavy atom. The van der Waals surface area contributed by atoms with Gasteiger partial charge in [0.1, 0.15) is 0 Å². The minimum atomic E-state index is -0.767. The van der Waals surface area contributed by atoms with E-state index in [1.165, 1.54) is 82.4 Å². The van der Waals surface area contributed by atoms with Gasteiger partial charge in [-0.2, -0.15) is 0 Å². The quantitative estimate of drug-likeness (QED) is 0.197. The fourth-order valence-corrected chi connectivity index (χ4v) is 4.28. The molecule has 0 aromatic heterocycles. The van der Waals surface area contributed by atoms with Crippen molar-refractivity contribution < 1.29 is 14.9 Å². The number of hydrogen-bond donors (Lipinski definition) is 2. The van der Waals surface area contributed by atoms with Gasteiger partial charge in [-0.3, -0.25) is 0 Å². The van der Waals surface area contributed by atoms with Crippen molar-refractivity contribution in [1.82, 2.24) is 4.90 Å². The molecule has 0 saturated heterocycles. The van der Waals surface area contributed by atoms with Crippen LogP contribution < -0.4 is 0 Å². The predicted octanol–water partition coefficient (Wildman–Crippen LogP) is 5.42. The molecule has 0 rings (SSSR count). The van der Waals surface area contributed by atoms with Crippen molar-refractivity contribution in [2.45, 2.75) is 108 Å². The number of aliphatic hydroxyl groups excluding tert-OH is 2. The van der Waals surface area contributed by atoms with Gasteiger partial charge in [-0.15, -0.1) is 0 Å². The lowest BCUT2D eigenvalue weighted by molar-refractivity contribution is -0.0346. The van der Waals surface area contributed by atoms with Crippen LogP contribution in [0.15, 0.2) is 0 Å². The lowest BCUT2D eigenvalue weighted by Gasteiger charge is -2.20. The number of aliphatic hydroxyl groups is 2. The number of ether oxygens (including phenoxy) is 1. The molecular formula is C22H47NO3S. The molecule has 0 aliphatic rings. The first-order valence-corrected chi connectivity index (χ1v) is 12.2. The van der Waals surface area contributed by atoms with Crippen molar-refractivity contribution in [2.24, 2.45) is 0 Å². The Morgan fingerprint density at radius 2 is 1.37 bits per heavy atom. The van der Waals surface area contributed by atoms with Crippen LogP contribution in [0.4, 0.5) is 0 Å². The largest absolute Gasteiger partial charge is 0.396 e. The van der Waals surface area contributed by atoms with Crippen molar-refractivity contribution in [3.8, 4) is 0 Å². The van der Waals surface area contributed by atoms with E-state index in [2.05, 4.69) is 11.8 Å². The average molecular weight is 406 g/mol. The Kier molecular flexibility index (Phi) is 21.1. The van der Waals surface area contributed by atoms with Crippen LogP contribution in [0, 0.1) is 0 Å². The topological polar surface area (TPSA) is 52.9 Å². The fourth-order valence-electron chi connectivity index (χ4n) is 3.23. The van der Waals surface area contributed by atoms with Gasteiger partial charge in [-0.1, -0.05) is 89.3 Å². The average Bonchev–Trinajstić information content (AvgIpc) is 2.63. The first-order chi connectivity index (χ1) is 13.1. The molecule has 0 spiro atoms. The van der Waals surface area contributed by atoms with Crippen LogP contribution in [0.5, 0.6) is 0 Å². The van der Waals surface area contributed by atoms with Gasteiger partial charge in [0.15, 0.2) is 0 Å². The van der Waals surface area contributed by atoms with Crippen LogP contribution in [-0.2, 0) is 4.74 Å². The van der Waals surface area contributed by atoms with E-state index in [-0.39, 0.29) is 11.9 Å². The number of nitrogens with zero attached hydrogens (tertiary/aromatic N) is 1. The van der Waals surface area contributed by atoms with E-state index in [1.54, 1.807) is 0 Å². The Labute approximate surface area is 173 Å². The Hall–Kier alpha value is 0.190. The second-order valence-electron chi connectivity index (χ2n) is 7.93. The third-order valence-electron chi connectivity index (χ3n) is 4.90. The standard InChI is InChI=1S/C22H47NO3S/c1-4-5-6-7-8-9-10-11-12-13-14-16-21(17-19-24)27-22(25)26-20-15-18-23(2)3/h21-22,24-25H,4-20H2,1-3H3. The number of unbranched alkanes of at least 4 members (excludes halogenated alkanes) is 10. The van der Waals surface area contributed by atoms with Crippen LogP contribution in [0.1, 0.15) is 96.8 Å². The summed E-state index contributed by atoms with van der Waals surface area (Å²) in [6, 6.07) is 0. The molecule has 0 aromatic carbocycles. The zero-order valence-corrected chi connectivity index (χ0v) is 19.2. The molecular weight excluding hydrogens is 358 g/mol. The normalized spacial score (nSPS) is 14.0. The van der Waals surface area contributed by atoms with E-state index < -0.39 is 5.62 Å². The zero-order valence-electron chi connectivity index (χ0n) is 18.3. The van der Waals surface area contributed by atoms with Crippen molar-refractivity contribution in [2.75, 3.05) is 33.9 Å². The van der Waals surface area contributed by atoms with Gasteiger partial charge in [0.25, 0.3) is 0 Å². The molecule has 0 saturated carbocycles. The Morgan fingerprint density at radius 3 is 1.89 bits per heavy atom. The maximum Gasteiger partial charge on any atom is 0.204 e. The number of thioether (sulfide) groups is 1. The third-order valence-corrected chi connectivity index (χ3v) is 6.12. The third kappa shape index (κ3) is 20.7. The van der Waals surface area contributed by atoms with Gasteiger partial charge in [-0.05, 0) is 39.9 Å². The van der Waals surface area contributed by atoms with Crippen molar-refractivity contribution in [3.05, 3.63) is 0 Å². The van der Waals surface area contributed by atoms with E-state index >= 15 is 0 Å². The molecule has 27 heavy (non-hydrogen) atoms. The monoisotopic (exact) mass is 405 g/mol. The molecule has 0 aliphatic carbocycles. The van der Waals surface area contributed by atoms with E-state index in [1.807, 2.05) is 14.1 Å². The highest BCUT2D eigenvalue weighted by Crippen LogP contribution is 2.25. The van der Waals surface area contributed by atoms with Crippen LogP contribution in [-0.4, -0.2) is 59.8 Å². The van der Waals surface area contributed by atoms with Crippen LogP contribution in [0.3, 0.4) is 0 Å². The zero-order chi connectivity index (χ0) is 20.2. The summed E-state index contributed by atoms with van der Waals surface area (Å²) < 4.78 is 5.49. The molecule has 0 bridgehead atoms. The highest BCUT2D eigenvalue weighted by molar-refractivity contribution is 8.00. The lowest BCUT2D eigenvalue weighted by atomic mass is 10.0. The Balaban J connectivity index is 3.60. The van der Waals surface area contributed by atoms with Crippen LogP contribution in [0.2, 0.25) is 0 Å². The molecule has 0 radical (unpaired) electrons. The molecule has 0 aromatic rings. The van der Waals surface area contributed by atoms with Crippen molar-refractivity contribution in [1.29, 1.82) is 0 Å². The Bertz CT molecular complexity index is 293. The van der Waals surface area contributed by atoms with Gasteiger partial charge in [-0.25, -0.2) is 0 Å². The summed E-state index contributed by atoms with van der Waals surface area (Å²) in [7, 11) is 4.08. The predicted molar refractivity (Wildman–Crippen MR) is 119 cm³/mol. The maximum absolute atomic E-state index is 10.0. The summed E-state index contributed by atoms with van der Waals surface area (Å²) in [5, 5.41) is 19.6. The van der Waals surface area contributed by atoms with Gasteiger partial charge in [0, 0.05) is 11.9 Å². The minimum Gasteiger partial charge on any atom is -0.396 e. The van der Waals surface area contributed by atoms with Crippen LogP contribution in [0.25, 0.3) is 0 Å². The van der Waals surface area contributed by atoms with E-state index in [0.717, 1.165) is 25.8 Å². The fraction of sp³-hybridized carbons (Fsp3) is 1.00. The molecule has 164 valence electrons. The molecule has 2 unspecified atom stereocenters. The van der Waals surface area contributed by atoms with Crippen molar-refractivity contribution in [3.63, 3.8) is 0 Å². The molecule has 4 nitrogen and oxygen atoms in total. The first kappa shape index (κ1) is 27.2. The molecule has 0 amide bonds. The molecule has 0 fully saturated rings. The number of hydrogen-bond acceptors (Lipinski definition) is 5. The molecule has 0 heterocycles. The molecule has 2 N–H and O–H groups in total. The summed E-state index contributed by atoms with van der Waals surface area (Å²) >= 11 is 1.47. The molecule has 2 atom stereocenters. The minimum absolute atomic E-state index is 0.184. The van der Waals surface area contributed by atoms with E-state index in [4.69, 9.17) is 4.74 Å². The SMILES string of the molecule is CCCCCCCCCCCCCC(CCO)SC(O)OCCCN(C)C. The van der Waals surface area contributed by atoms with Gasteiger partial charge in [0.2, 0.25) is 5.62 Å². The summed E-state index contributed by atoms with van der Waals surface area (Å²) in [6.07, 6.45) is 17.5. The van der Waals surface area contributed by atoms with E-state index in [9.17, 15) is 10.2 Å². The second kappa shape index (κ2) is 20.9. The van der Waals surface area contributed by atoms with Gasteiger partial charge in [0.05, 0.1) is 6.61 Å². The highest BCUT2D eigenvalue weighted by atomic mass is 32.2. The molecule has 0 aliphatic heterocycles. The van der Waals surface area contributed by atoms with E-state index in [0.29, 0.717) is 6.61 Å². The smallest absolute Gasteiger partial charge is 0.204 e. The van der Waals surface area contributed by atoms with Gasteiger partial charge < -0.3 is 19.8 Å². The summed E-state index contributed by atoms with van der Waals surface area (Å²) in [5.74, 6) is 0. The maximum atomic E-state index is 10.0. The highest BCUT2D eigenvalue weighted by Gasteiger charge is 2.15. The lowest BCUT2D eigenvalue weighted by Crippen LogP contribution is -2.19. The summed E-state index contributed by atoms with van der Waals surface area (Å²) in [6.45, 7) is 4.00. The first-order valence-electron chi connectivity index (χ1n) is 11.3. The number of rotatable bonds is 21. The summed E-state index contributed by atoms with van der Waals surface area (Å²) in [5.41, 5.74) is -0.767. The van der Waals surface area contributed by atoms with Crippen molar-refractivity contribution >= 4 is 11.8 Å².